The fourth-order valence-electron chi connectivity index (χ4n) is 5.66. The van der Waals surface area contributed by atoms with Gasteiger partial charge in [-0.15, -0.1) is 0 Å². The average molecular weight is 706 g/mol. The van der Waals surface area contributed by atoms with Crippen molar-refractivity contribution in [2.75, 3.05) is 13.2 Å². The van der Waals surface area contributed by atoms with Gasteiger partial charge in [0.15, 0.2) is 6.17 Å². The first-order valence-electron chi connectivity index (χ1n) is 17.6. The first-order chi connectivity index (χ1) is 22.4. The van der Waals surface area contributed by atoms with Crippen LogP contribution >= 0.6 is 15.9 Å². The van der Waals surface area contributed by atoms with Gasteiger partial charge in [-0.3, -0.25) is 0 Å². The van der Waals surface area contributed by atoms with Crippen LogP contribution in [0.1, 0.15) is 133 Å². The molecule has 1 fully saturated rings. The van der Waals surface area contributed by atoms with E-state index in [1.165, 1.54) is 57.8 Å². The molecule has 8 heteroatoms. The molecule has 1 aliphatic rings. The molecule has 0 aliphatic heterocycles. The second-order valence-corrected chi connectivity index (χ2v) is 13.4. The molecule has 1 atom stereocenters. The van der Waals surface area contributed by atoms with E-state index in [4.69, 9.17) is 18.9 Å². The van der Waals surface area contributed by atoms with Gasteiger partial charge in [-0.2, -0.15) is 0 Å². The summed E-state index contributed by atoms with van der Waals surface area (Å²) in [4.78, 5) is 24.7. The van der Waals surface area contributed by atoms with Crippen molar-refractivity contribution in [3.8, 4) is 17.2 Å². The monoisotopic (exact) mass is 704 g/mol. The van der Waals surface area contributed by atoms with Gasteiger partial charge >= 0.3 is 11.9 Å². The highest BCUT2D eigenvalue weighted by Gasteiger charge is 2.27. The summed E-state index contributed by atoms with van der Waals surface area (Å²) in [5.41, 5.74) is 0.433. The maximum Gasteiger partial charge on any atom is 0.343 e. The van der Waals surface area contributed by atoms with Crippen molar-refractivity contribution in [3.63, 3.8) is 0 Å². The average Bonchev–Trinajstić information content (AvgIpc) is 3.07. The molecule has 0 heterocycles. The maximum absolute atomic E-state index is 13.9. The Bertz CT molecular complexity index is 1150. The zero-order valence-corrected chi connectivity index (χ0v) is 29.5. The molecule has 0 unspecified atom stereocenters. The topological polar surface area (TPSA) is 71.1 Å². The molecule has 0 bridgehead atoms. The second kappa shape index (κ2) is 22.0. The molecule has 0 amide bonds. The molecule has 256 valence electrons. The normalized spacial score (nSPS) is 16.9. The molecule has 3 rings (SSSR count). The van der Waals surface area contributed by atoms with Crippen molar-refractivity contribution >= 4 is 27.9 Å². The Morgan fingerprint density at radius 3 is 2.02 bits per heavy atom. The van der Waals surface area contributed by atoms with Crippen molar-refractivity contribution < 1.29 is 32.9 Å². The highest BCUT2D eigenvalue weighted by Crippen LogP contribution is 2.29. The standard InChI is InChI=1S/C38H54BrFO6/c1-3-5-7-8-9-10-11-12-13-14-26-43-36-25-18-30(27-34(36)39)37(41)45-33-23-21-31(22-24-33)44-28-29-16-19-32(20-17-29)46-38(42)35(40)15-6-4-2/h18,21-25,27,29,32,35H,3-17,19-20,26,28H2,1-2H3/t29-,32-,35-/m0/s1. The van der Waals surface area contributed by atoms with Crippen LogP contribution in [0.5, 0.6) is 17.2 Å². The maximum atomic E-state index is 13.9. The molecular formula is C38H54BrFO6. The predicted octanol–water partition coefficient (Wildman–Crippen LogP) is 11.0. The van der Waals surface area contributed by atoms with Crippen molar-refractivity contribution in [1.82, 2.24) is 0 Å². The summed E-state index contributed by atoms with van der Waals surface area (Å²) in [6.45, 7) is 5.43. The van der Waals surface area contributed by atoms with Gasteiger partial charge in [-0.1, -0.05) is 84.5 Å². The summed E-state index contributed by atoms with van der Waals surface area (Å²) < 4.78 is 37.5. The Hall–Kier alpha value is -2.61. The Kier molecular flexibility index (Phi) is 18.1. The number of benzene rings is 2. The van der Waals surface area contributed by atoms with E-state index in [-0.39, 0.29) is 12.5 Å². The van der Waals surface area contributed by atoms with Crippen LogP contribution in [0.15, 0.2) is 46.9 Å². The van der Waals surface area contributed by atoms with Gasteiger partial charge in [-0.25, -0.2) is 14.0 Å². The van der Waals surface area contributed by atoms with E-state index in [1.807, 2.05) is 6.92 Å². The van der Waals surface area contributed by atoms with Crippen LogP contribution in [-0.2, 0) is 9.53 Å². The number of alkyl halides is 1. The molecule has 6 nitrogen and oxygen atoms in total. The van der Waals surface area contributed by atoms with E-state index in [2.05, 4.69) is 22.9 Å². The fourth-order valence-corrected chi connectivity index (χ4v) is 6.15. The minimum Gasteiger partial charge on any atom is -0.493 e. The zero-order valence-electron chi connectivity index (χ0n) is 27.9. The van der Waals surface area contributed by atoms with Gasteiger partial charge in [0.05, 0.1) is 23.2 Å². The second-order valence-electron chi connectivity index (χ2n) is 12.5. The highest BCUT2D eigenvalue weighted by atomic mass is 79.9. The molecule has 2 aromatic rings. The van der Waals surface area contributed by atoms with Crippen molar-refractivity contribution in [3.05, 3.63) is 52.5 Å². The van der Waals surface area contributed by atoms with E-state index in [0.717, 1.165) is 48.7 Å². The summed E-state index contributed by atoms with van der Waals surface area (Å²) in [6, 6.07) is 12.3. The minimum absolute atomic E-state index is 0.212. The number of esters is 2. The van der Waals surface area contributed by atoms with Crippen LogP contribution in [0.25, 0.3) is 0 Å². The Morgan fingerprint density at radius 2 is 1.39 bits per heavy atom. The van der Waals surface area contributed by atoms with E-state index in [0.29, 0.717) is 42.6 Å². The molecule has 0 spiro atoms. The molecule has 0 radical (unpaired) electrons. The number of ether oxygens (including phenoxy) is 4. The van der Waals surface area contributed by atoms with Crippen LogP contribution in [0, 0.1) is 5.92 Å². The lowest BCUT2D eigenvalue weighted by atomic mass is 9.88. The van der Waals surface area contributed by atoms with E-state index >= 15 is 0 Å². The lowest BCUT2D eigenvalue weighted by molar-refractivity contribution is -0.157. The number of rotatable bonds is 22. The third-order valence-electron chi connectivity index (χ3n) is 8.59. The largest absolute Gasteiger partial charge is 0.493 e. The van der Waals surface area contributed by atoms with Crippen LogP contribution < -0.4 is 14.2 Å². The summed E-state index contributed by atoms with van der Waals surface area (Å²) >= 11 is 3.53. The number of hydrogen-bond acceptors (Lipinski definition) is 6. The number of carbonyl (C=O) groups excluding carboxylic acids is 2. The highest BCUT2D eigenvalue weighted by molar-refractivity contribution is 9.10. The van der Waals surface area contributed by atoms with Crippen molar-refractivity contribution in [2.45, 2.75) is 135 Å². The van der Waals surface area contributed by atoms with Gasteiger partial charge < -0.3 is 18.9 Å². The smallest absolute Gasteiger partial charge is 0.343 e. The van der Waals surface area contributed by atoms with Crippen LogP contribution in [0.4, 0.5) is 4.39 Å². The lowest BCUT2D eigenvalue weighted by Crippen LogP contribution is -2.30. The molecule has 0 aromatic heterocycles. The summed E-state index contributed by atoms with van der Waals surface area (Å²) in [5.74, 6) is 1.02. The van der Waals surface area contributed by atoms with Gasteiger partial charge in [0, 0.05) is 0 Å². The van der Waals surface area contributed by atoms with Gasteiger partial charge in [0.25, 0.3) is 0 Å². The van der Waals surface area contributed by atoms with E-state index in [1.54, 1.807) is 42.5 Å². The molecule has 1 aliphatic carbocycles. The van der Waals surface area contributed by atoms with Crippen molar-refractivity contribution in [2.24, 2.45) is 5.92 Å². The Morgan fingerprint density at radius 1 is 0.783 bits per heavy atom. The molecule has 0 saturated heterocycles. The molecular weight excluding hydrogens is 651 g/mol. The number of unbranched alkanes of at least 4 members (excludes halogenated alkanes) is 10. The molecule has 1 saturated carbocycles. The summed E-state index contributed by atoms with van der Waals surface area (Å²) in [7, 11) is 0. The van der Waals surface area contributed by atoms with Gasteiger partial charge in [0.2, 0.25) is 0 Å². The minimum atomic E-state index is -1.52. The van der Waals surface area contributed by atoms with Crippen molar-refractivity contribution in [1.29, 1.82) is 0 Å². The first kappa shape index (κ1) is 37.8. The third-order valence-corrected chi connectivity index (χ3v) is 9.21. The fraction of sp³-hybridized carbons (Fsp3) is 0.632. The van der Waals surface area contributed by atoms with Gasteiger partial charge in [-0.05, 0) is 103 Å². The lowest BCUT2D eigenvalue weighted by Gasteiger charge is -2.28. The third kappa shape index (κ3) is 14.4. The predicted molar refractivity (Wildman–Crippen MR) is 185 cm³/mol. The Labute approximate surface area is 284 Å². The molecule has 2 aromatic carbocycles. The SMILES string of the molecule is CCCCCCCCCCCCOc1ccc(C(=O)Oc2ccc(OC[C@H]3CC[C@H](OC(=O)[C@@H](F)CCCC)CC3)cc2)cc1Br. The van der Waals surface area contributed by atoms with Crippen LogP contribution in [0.2, 0.25) is 0 Å². The zero-order chi connectivity index (χ0) is 33.0. The number of halogens is 2. The Balaban J connectivity index is 1.30. The number of carbonyl (C=O) groups is 2. The molecule has 0 N–H and O–H groups in total. The van der Waals surface area contributed by atoms with E-state index in [9.17, 15) is 14.0 Å². The first-order valence-corrected chi connectivity index (χ1v) is 18.4. The van der Waals surface area contributed by atoms with E-state index < -0.39 is 18.1 Å². The van der Waals surface area contributed by atoms with Gasteiger partial charge in [0.1, 0.15) is 23.4 Å². The van der Waals surface area contributed by atoms with Crippen LogP contribution in [-0.4, -0.2) is 37.4 Å². The molecule has 46 heavy (non-hydrogen) atoms. The van der Waals surface area contributed by atoms with Crippen LogP contribution in [0.3, 0.4) is 0 Å². The number of hydrogen-bond donors (Lipinski definition) is 0. The quantitative estimate of drug-likeness (QED) is 0.0690. The summed E-state index contributed by atoms with van der Waals surface area (Å²) in [5, 5.41) is 0. The summed E-state index contributed by atoms with van der Waals surface area (Å²) in [6.07, 6.45) is 16.0.